The lowest BCUT2D eigenvalue weighted by Crippen LogP contribution is -2.30. The summed E-state index contributed by atoms with van der Waals surface area (Å²) < 4.78 is 6.04. The number of nitrogens with one attached hydrogen (secondary N) is 2. The van der Waals surface area contributed by atoms with E-state index in [0.717, 1.165) is 29.3 Å². The van der Waals surface area contributed by atoms with Gasteiger partial charge >= 0.3 is 0 Å². The van der Waals surface area contributed by atoms with Gasteiger partial charge in [-0.05, 0) is 37.2 Å². The highest BCUT2D eigenvalue weighted by atomic mass is 33.1. The first-order chi connectivity index (χ1) is 10.8. The Kier molecular flexibility index (Phi) is 6.69. The van der Waals surface area contributed by atoms with Gasteiger partial charge in [0.1, 0.15) is 0 Å². The molecule has 1 aromatic rings. The van der Waals surface area contributed by atoms with Gasteiger partial charge in [0.05, 0.1) is 6.61 Å². The van der Waals surface area contributed by atoms with E-state index in [1.807, 2.05) is 30.3 Å². The van der Waals surface area contributed by atoms with Gasteiger partial charge in [0, 0.05) is 22.7 Å². The van der Waals surface area contributed by atoms with E-state index in [0.29, 0.717) is 5.11 Å². The summed E-state index contributed by atoms with van der Waals surface area (Å²) in [7, 11) is 0. The molecular formula is C15H21N2OPS3. The minimum atomic E-state index is -0.345. The summed E-state index contributed by atoms with van der Waals surface area (Å²) in [6, 6.07) is 9.98. The van der Waals surface area contributed by atoms with Crippen LogP contribution in [0.25, 0.3) is 0 Å². The second kappa shape index (κ2) is 8.74. The lowest BCUT2D eigenvalue weighted by molar-refractivity contribution is 0.372. The highest BCUT2D eigenvalue weighted by Gasteiger charge is 2.38. The maximum Gasteiger partial charge on any atom is 0.170 e. The fourth-order valence-corrected chi connectivity index (χ4v) is 11.8. The number of anilines is 1. The summed E-state index contributed by atoms with van der Waals surface area (Å²) >= 11 is 9.46. The first-order valence-corrected chi connectivity index (χ1v) is 12.3. The normalized spacial score (nSPS) is 24.7. The van der Waals surface area contributed by atoms with Crippen molar-refractivity contribution >= 4 is 52.3 Å². The number of para-hydroxylation sites is 1. The van der Waals surface area contributed by atoms with Crippen LogP contribution in [0, 0.1) is 0 Å². The average Bonchev–Trinajstić information content (AvgIpc) is 2.95. The van der Waals surface area contributed by atoms with E-state index in [9.17, 15) is 0 Å². The highest BCUT2D eigenvalue weighted by molar-refractivity contribution is 8.88. The molecule has 7 heteroatoms. The van der Waals surface area contributed by atoms with E-state index in [-0.39, 0.29) is 6.55 Å². The zero-order chi connectivity index (χ0) is 15.2. The van der Waals surface area contributed by atoms with Crippen LogP contribution in [0.4, 0.5) is 5.69 Å². The molecule has 2 atom stereocenters. The van der Waals surface area contributed by atoms with Crippen molar-refractivity contribution in [3.63, 3.8) is 0 Å². The molecule has 0 unspecified atom stereocenters. The van der Waals surface area contributed by atoms with E-state index in [1.54, 1.807) is 0 Å². The smallest absolute Gasteiger partial charge is 0.170 e. The Morgan fingerprint density at radius 1 is 1.18 bits per heavy atom. The van der Waals surface area contributed by atoms with Crippen molar-refractivity contribution in [1.29, 1.82) is 0 Å². The standard InChI is InChI=1S/C15H21N2OPS3/c20-15(17-12-6-2-1-3-7-12)16-10-11-18-19-21-13-8-4-5-9-14(13)22-19/h1-3,6-7,13-14H,4-5,8-11H2,(H2,16,17,20)/t13-,14-/m1/s1. The topological polar surface area (TPSA) is 33.3 Å². The molecule has 0 amide bonds. The van der Waals surface area contributed by atoms with Crippen molar-refractivity contribution in [1.82, 2.24) is 5.32 Å². The molecule has 2 N–H and O–H groups in total. The van der Waals surface area contributed by atoms with Crippen LogP contribution >= 0.6 is 41.5 Å². The third-order valence-corrected chi connectivity index (χ3v) is 11.4. The van der Waals surface area contributed by atoms with Crippen molar-refractivity contribution in [2.24, 2.45) is 0 Å². The Morgan fingerprint density at radius 3 is 2.55 bits per heavy atom. The van der Waals surface area contributed by atoms with Crippen LogP contribution in [-0.2, 0) is 4.52 Å². The molecule has 1 heterocycles. The van der Waals surface area contributed by atoms with Crippen LogP contribution in [0.1, 0.15) is 25.7 Å². The Bertz CT molecular complexity index is 477. The zero-order valence-electron chi connectivity index (χ0n) is 12.4. The van der Waals surface area contributed by atoms with Gasteiger partial charge in [-0.1, -0.05) is 53.8 Å². The monoisotopic (exact) mass is 372 g/mol. The molecule has 22 heavy (non-hydrogen) atoms. The second-order valence-electron chi connectivity index (χ2n) is 5.38. The number of hydrogen-bond acceptors (Lipinski definition) is 4. The fourth-order valence-electron chi connectivity index (χ4n) is 2.59. The van der Waals surface area contributed by atoms with Crippen LogP contribution in [0.2, 0.25) is 0 Å². The number of benzene rings is 1. The van der Waals surface area contributed by atoms with Crippen LogP contribution < -0.4 is 10.6 Å². The summed E-state index contributed by atoms with van der Waals surface area (Å²) in [5.74, 6) is 0. The molecule has 120 valence electrons. The highest BCUT2D eigenvalue weighted by Crippen LogP contribution is 2.73. The van der Waals surface area contributed by atoms with Gasteiger partial charge < -0.3 is 15.2 Å². The van der Waals surface area contributed by atoms with E-state index >= 15 is 0 Å². The van der Waals surface area contributed by atoms with Gasteiger partial charge in [-0.25, -0.2) is 0 Å². The van der Waals surface area contributed by atoms with Crippen LogP contribution in [0.5, 0.6) is 0 Å². The van der Waals surface area contributed by atoms with E-state index in [4.69, 9.17) is 16.7 Å². The van der Waals surface area contributed by atoms with Gasteiger partial charge in [-0.2, -0.15) is 0 Å². The predicted octanol–water partition coefficient (Wildman–Crippen LogP) is 5.01. The molecule has 1 aromatic carbocycles. The maximum atomic E-state index is 6.04. The van der Waals surface area contributed by atoms with E-state index in [2.05, 4.69) is 33.4 Å². The molecule has 2 aliphatic rings. The first kappa shape index (κ1) is 16.8. The molecule has 0 aromatic heterocycles. The minimum absolute atomic E-state index is 0.345. The molecule has 2 fully saturated rings. The predicted molar refractivity (Wildman–Crippen MR) is 105 cm³/mol. The quantitative estimate of drug-likeness (QED) is 0.430. The number of hydrogen-bond donors (Lipinski definition) is 2. The molecule has 1 aliphatic heterocycles. The lowest BCUT2D eigenvalue weighted by Gasteiger charge is -2.21. The number of rotatable bonds is 5. The maximum absolute atomic E-state index is 6.04. The molecule has 3 rings (SSSR count). The summed E-state index contributed by atoms with van der Waals surface area (Å²) in [5.41, 5.74) is 1.01. The largest absolute Gasteiger partial charge is 0.360 e. The zero-order valence-corrected chi connectivity index (χ0v) is 15.7. The minimum Gasteiger partial charge on any atom is -0.360 e. The van der Waals surface area contributed by atoms with Crippen molar-refractivity contribution in [3.05, 3.63) is 30.3 Å². The number of fused-ring (bicyclic) bond motifs is 1. The molecule has 3 nitrogen and oxygen atoms in total. The molecule has 0 radical (unpaired) electrons. The Morgan fingerprint density at radius 2 is 1.86 bits per heavy atom. The lowest BCUT2D eigenvalue weighted by atomic mass is 10.00. The molecule has 1 saturated carbocycles. The van der Waals surface area contributed by atoms with Gasteiger partial charge in [-0.15, -0.1) is 0 Å². The van der Waals surface area contributed by atoms with Crippen molar-refractivity contribution < 1.29 is 4.52 Å². The molecule has 1 saturated heterocycles. The van der Waals surface area contributed by atoms with E-state index < -0.39 is 0 Å². The SMILES string of the molecule is S=C(NCCOP1S[C@@H]2CCCC[C@H]2S1)Nc1ccccc1. The van der Waals surface area contributed by atoms with Gasteiger partial charge in [-0.3, -0.25) is 0 Å². The van der Waals surface area contributed by atoms with Crippen LogP contribution in [-0.4, -0.2) is 28.8 Å². The third kappa shape index (κ3) is 5.00. The Balaban J connectivity index is 1.30. The van der Waals surface area contributed by atoms with Gasteiger partial charge in [0.25, 0.3) is 0 Å². The van der Waals surface area contributed by atoms with Gasteiger partial charge in [0.15, 0.2) is 11.7 Å². The molecule has 1 aliphatic carbocycles. The van der Waals surface area contributed by atoms with Crippen LogP contribution in [0.3, 0.4) is 0 Å². The summed E-state index contributed by atoms with van der Waals surface area (Å²) in [4.78, 5) is 0. The van der Waals surface area contributed by atoms with Crippen molar-refractivity contribution in [2.75, 3.05) is 18.5 Å². The Hall–Kier alpha value is -0.000000000000000222. The summed E-state index contributed by atoms with van der Waals surface area (Å²) in [5, 5.41) is 8.72. The third-order valence-electron chi connectivity index (χ3n) is 3.70. The molecular weight excluding hydrogens is 351 g/mol. The van der Waals surface area contributed by atoms with Crippen molar-refractivity contribution in [2.45, 2.75) is 36.2 Å². The van der Waals surface area contributed by atoms with E-state index in [1.165, 1.54) is 25.7 Å². The second-order valence-corrected chi connectivity index (χ2v) is 12.1. The summed E-state index contributed by atoms with van der Waals surface area (Å²) in [6.45, 7) is 1.14. The molecule has 0 bridgehead atoms. The Labute approximate surface area is 147 Å². The number of thiocarbonyl (C=S) groups is 1. The summed E-state index contributed by atoms with van der Waals surface area (Å²) in [6.07, 6.45) is 5.57. The van der Waals surface area contributed by atoms with Crippen molar-refractivity contribution in [3.8, 4) is 0 Å². The molecule has 0 spiro atoms. The fraction of sp³-hybridized carbons (Fsp3) is 0.533. The van der Waals surface area contributed by atoms with Gasteiger partial charge in [0.2, 0.25) is 0 Å². The first-order valence-electron chi connectivity index (χ1n) is 7.68. The van der Waals surface area contributed by atoms with Crippen LogP contribution in [0.15, 0.2) is 30.3 Å². The average molecular weight is 373 g/mol.